The van der Waals surface area contributed by atoms with Gasteiger partial charge in [0.05, 0.1) is 7.11 Å². The molecule has 0 bridgehead atoms. The number of methoxy groups -OCH3 is 1. The zero-order chi connectivity index (χ0) is 14.7. The largest absolute Gasteiger partial charge is 0.467 e. The minimum absolute atomic E-state index is 0.309. The van der Waals surface area contributed by atoms with Crippen LogP contribution in [0.3, 0.4) is 0 Å². The van der Waals surface area contributed by atoms with E-state index in [1.165, 1.54) is 11.1 Å². The summed E-state index contributed by atoms with van der Waals surface area (Å²) in [6.07, 6.45) is 1.97. The van der Waals surface area contributed by atoms with Crippen molar-refractivity contribution in [3.63, 3.8) is 0 Å². The first kappa shape index (κ1) is 13.6. The highest BCUT2D eigenvalue weighted by molar-refractivity contribution is 5.41. The maximum absolute atomic E-state index is 5.13. The Hall–Kier alpha value is -2.37. The number of nitrogens with zero attached hydrogens (tertiary/aromatic N) is 3. The van der Waals surface area contributed by atoms with Gasteiger partial charge in [0.1, 0.15) is 0 Å². The third-order valence-electron chi connectivity index (χ3n) is 3.52. The molecule has 0 radical (unpaired) electrons. The van der Waals surface area contributed by atoms with Crippen molar-refractivity contribution in [2.75, 3.05) is 24.3 Å². The van der Waals surface area contributed by atoms with Crippen LogP contribution in [0.25, 0.3) is 0 Å². The molecule has 0 saturated carbocycles. The Balaban J connectivity index is 1.75. The van der Waals surface area contributed by atoms with Crippen molar-refractivity contribution in [3.8, 4) is 6.01 Å². The summed E-state index contributed by atoms with van der Waals surface area (Å²) in [6.45, 7) is 2.75. The first-order valence-corrected chi connectivity index (χ1v) is 7.15. The maximum Gasteiger partial charge on any atom is 0.322 e. The van der Waals surface area contributed by atoms with E-state index in [1.807, 2.05) is 6.92 Å². The van der Waals surface area contributed by atoms with E-state index in [9.17, 15) is 0 Å². The zero-order valence-corrected chi connectivity index (χ0v) is 12.3. The molecule has 1 aliphatic rings. The van der Waals surface area contributed by atoms with Crippen LogP contribution in [-0.4, -0.2) is 34.6 Å². The SMILES string of the molecule is CCNc1nc(NC2Cc3ccccc3C2)nc(OC)n1. The average Bonchev–Trinajstić information content (AvgIpc) is 2.89. The van der Waals surface area contributed by atoms with E-state index in [2.05, 4.69) is 49.9 Å². The van der Waals surface area contributed by atoms with Gasteiger partial charge in [0, 0.05) is 12.6 Å². The van der Waals surface area contributed by atoms with Crippen molar-refractivity contribution in [3.05, 3.63) is 35.4 Å². The fraction of sp³-hybridized carbons (Fsp3) is 0.400. The lowest BCUT2D eigenvalue weighted by Crippen LogP contribution is -2.22. The Morgan fingerprint density at radius 1 is 1.10 bits per heavy atom. The van der Waals surface area contributed by atoms with Gasteiger partial charge in [-0.3, -0.25) is 0 Å². The van der Waals surface area contributed by atoms with Crippen LogP contribution < -0.4 is 15.4 Å². The highest BCUT2D eigenvalue weighted by Gasteiger charge is 2.22. The van der Waals surface area contributed by atoms with Crippen LogP contribution in [0, 0.1) is 0 Å². The van der Waals surface area contributed by atoms with Gasteiger partial charge in [0.25, 0.3) is 0 Å². The van der Waals surface area contributed by atoms with Gasteiger partial charge in [-0.25, -0.2) is 0 Å². The van der Waals surface area contributed by atoms with E-state index in [4.69, 9.17) is 4.74 Å². The normalized spacial score (nSPS) is 13.8. The lowest BCUT2D eigenvalue weighted by atomic mass is 10.1. The molecule has 6 heteroatoms. The summed E-state index contributed by atoms with van der Waals surface area (Å²) < 4.78 is 5.13. The molecule has 1 aromatic carbocycles. The molecule has 0 fully saturated rings. The summed E-state index contributed by atoms with van der Waals surface area (Å²) >= 11 is 0. The molecule has 2 aromatic rings. The highest BCUT2D eigenvalue weighted by atomic mass is 16.5. The van der Waals surface area contributed by atoms with Gasteiger partial charge in [-0.2, -0.15) is 15.0 Å². The Morgan fingerprint density at radius 2 is 1.76 bits per heavy atom. The van der Waals surface area contributed by atoms with Crippen LogP contribution in [0.1, 0.15) is 18.1 Å². The molecule has 3 rings (SSSR count). The number of benzene rings is 1. The molecule has 1 heterocycles. The molecule has 0 spiro atoms. The van der Waals surface area contributed by atoms with Gasteiger partial charge in [-0.1, -0.05) is 24.3 Å². The van der Waals surface area contributed by atoms with Crippen molar-refractivity contribution in [2.24, 2.45) is 0 Å². The van der Waals surface area contributed by atoms with Crippen molar-refractivity contribution in [1.29, 1.82) is 0 Å². The molecule has 0 amide bonds. The molecule has 0 atom stereocenters. The van der Waals surface area contributed by atoms with Gasteiger partial charge in [0.15, 0.2) is 0 Å². The predicted octanol–water partition coefficient (Wildman–Crippen LogP) is 1.89. The summed E-state index contributed by atoms with van der Waals surface area (Å²) in [5.74, 6) is 1.08. The number of fused-ring (bicyclic) bond motifs is 1. The predicted molar refractivity (Wildman–Crippen MR) is 81.8 cm³/mol. The third-order valence-corrected chi connectivity index (χ3v) is 3.52. The van der Waals surface area contributed by atoms with Gasteiger partial charge >= 0.3 is 6.01 Å². The van der Waals surface area contributed by atoms with Gasteiger partial charge in [-0.05, 0) is 30.9 Å². The standard InChI is InChI=1S/C15H19N5O/c1-3-16-13-18-14(20-15(19-13)21-2)17-12-8-10-6-4-5-7-11(10)9-12/h4-7,12H,3,8-9H2,1-2H3,(H2,16,17,18,19,20). The number of hydrogen-bond acceptors (Lipinski definition) is 6. The number of ether oxygens (including phenoxy) is 1. The Bertz CT molecular complexity index is 606. The third kappa shape index (κ3) is 3.04. The van der Waals surface area contributed by atoms with E-state index in [0.717, 1.165) is 19.4 Å². The Morgan fingerprint density at radius 3 is 2.38 bits per heavy atom. The highest BCUT2D eigenvalue weighted by Crippen LogP contribution is 2.24. The molecule has 0 saturated heterocycles. The van der Waals surface area contributed by atoms with Crippen LogP contribution >= 0.6 is 0 Å². The topological polar surface area (TPSA) is 72.0 Å². The lowest BCUT2D eigenvalue weighted by Gasteiger charge is -2.13. The number of aromatic nitrogens is 3. The maximum atomic E-state index is 5.13. The van der Waals surface area contributed by atoms with Crippen LogP contribution in [0.2, 0.25) is 0 Å². The van der Waals surface area contributed by atoms with Crippen LogP contribution in [0.15, 0.2) is 24.3 Å². The minimum Gasteiger partial charge on any atom is -0.467 e. The zero-order valence-electron chi connectivity index (χ0n) is 12.3. The first-order chi connectivity index (χ1) is 10.3. The monoisotopic (exact) mass is 285 g/mol. The van der Waals surface area contributed by atoms with Gasteiger partial charge in [0.2, 0.25) is 11.9 Å². The van der Waals surface area contributed by atoms with Crippen molar-refractivity contribution in [1.82, 2.24) is 15.0 Å². The summed E-state index contributed by atoms with van der Waals surface area (Å²) in [7, 11) is 1.56. The summed E-state index contributed by atoms with van der Waals surface area (Å²) in [5, 5.41) is 6.46. The molecule has 1 aromatic heterocycles. The lowest BCUT2D eigenvalue weighted by molar-refractivity contribution is 0.379. The number of rotatable bonds is 5. The second kappa shape index (κ2) is 5.95. The van der Waals surface area contributed by atoms with Crippen LogP contribution in [0.5, 0.6) is 6.01 Å². The molecule has 110 valence electrons. The van der Waals surface area contributed by atoms with Gasteiger partial charge < -0.3 is 15.4 Å². The first-order valence-electron chi connectivity index (χ1n) is 7.15. The van der Waals surface area contributed by atoms with Crippen molar-refractivity contribution in [2.45, 2.75) is 25.8 Å². The Labute approximate surface area is 124 Å². The second-order valence-corrected chi connectivity index (χ2v) is 5.02. The van der Waals surface area contributed by atoms with Gasteiger partial charge in [-0.15, -0.1) is 0 Å². The van der Waals surface area contributed by atoms with Crippen molar-refractivity contribution < 1.29 is 4.74 Å². The number of hydrogen-bond donors (Lipinski definition) is 2. The Kier molecular flexibility index (Phi) is 3.85. The van der Waals surface area contributed by atoms with E-state index in [-0.39, 0.29) is 0 Å². The molecule has 21 heavy (non-hydrogen) atoms. The molecular weight excluding hydrogens is 266 g/mol. The molecule has 0 unspecified atom stereocenters. The van der Waals surface area contributed by atoms with Crippen molar-refractivity contribution >= 4 is 11.9 Å². The second-order valence-electron chi connectivity index (χ2n) is 5.02. The molecule has 2 N–H and O–H groups in total. The number of nitrogens with one attached hydrogen (secondary N) is 2. The van der Waals surface area contributed by atoms with Crippen LogP contribution in [-0.2, 0) is 12.8 Å². The fourth-order valence-corrected chi connectivity index (χ4v) is 2.59. The molecule has 1 aliphatic carbocycles. The summed E-state index contributed by atoms with van der Waals surface area (Å²) in [4.78, 5) is 12.8. The smallest absolute Gasteiger partial charge is 0.322 e. The summed E-state index contributed by atoms with van der Waals surface area (Å²) in [5.41, 5.74) is 2.78. The van der Waals surface area contributed by atoms with E-state index >= 15 is 0 Å². The van der Waals surface area contributed by atoms with E-state index < -0.39 is 0 Å². The molecule has 0 aliphatic heterocycles. The van der Waals surface area contributed by atoms with E-state index in [1.54, 1.807) is 7.11 Å². The van der Waals surface area contributed by atoms with E-state index in [0.29, 0.717) is 23.9 Å². The average molecular weight is 285 g/mol. The molecule has 6 nitrogen and oxygen atoms in total. The minimum atomic E-state index is 0.309. The number of anilines is 2. The quantitative estimate of drug-likeness (QED) is 0.874. The fourth-order valence-electron chi connectivity index (χ4n) is 2.59. The molecular formula is C15H19N5O. The van der Waals surface area contributed by atoms with Crippen LogP contribution in [0.4, 0.5) is 11.9 Å². The summed E-state index contributed by atoms with van der Waals surface area (Å²) in [6, 6.07) is 9.14.